The van der Waals surface area contributed by atoms with Crippen molar-refractivity contribution in [3.05, 3.63) is 0 Å². The van der Waals surface area contributed by atoms with Gasteiger partial charge in [0.15, 0.2) is 0 Å². The van der Waals surface area contributed by atoms with Crippen molar-refractivity contribution in [1.29, 1.82) is 0 Å². The molecule has 1 saturated heterocycles. The summed E-state index contributed by atoms with van der Waals surface area (Å²) in [6.45, 7) is 10.7. The Balaban J connectivity index is 3.20. The molecule has 3 nitrogen and oxygen atoms in total. The Labute approximate surface area is 100 Å². The van der Waals surface area contributed by atoms with Crippen molar-refractivity contribution in [3.63, 3.8) is 0 Å². The van der Waals surface area contributed by atoms with Crippen LogP contribution in [0.4, 0.5) is 0 Å². The third kappa shape index (κ3) is 1.45. The Morgan fingerprint density at radius 2 is 1.44 bits per heavy atom. The van der Waals surface area contributed by atoms with E-state index >= 15 is 0 Å². The van der Waals surface area contributed by atoms with Gasteiger partial charge >= 0.3 is 0 Å². The summed E-state index contributed by atoms with van der Waals surface area (Å²) in [6.07, 6.45) is 3.66. The van der Waals surface area contributed by atoms with E-state index in [1.165, 1.54) is 5.06 Å². The van der Waals surface area contributed by atoms with Crippen molar-refractivity contribution in [3.8, 4) is 0 Å². The number of hydrogen-bond acceptors (Lipinski definition) is 2. The van der Waals surface area contributed by atoms with Crippen molar-refractivity contribution in [2.24, 2.45) is 0 Å². The SMILES string of the molecule is CCC1(CC)C(C)N(C)C(CC)(CC)N1[O]. The molecule has 1 aliphatic rings. The first-order chi connectivity index (χ1) is 7.46. The maximum atomic E-state index is 12.8. The lowest BCUT2D eigenvalue weighted by Gasteiger charge is -2.40. The van der Waals surface area contributed by atoms with Crippen molar-refractivity contribution in [2.75, 3.05) is 7.05 Å². The van der Waals surface area contributed by atoms with E-state index in [4.69, 9.17) is 0 Å². The Bertz CT molecular complexity index is 210. The first-order valence-corrected chi connectivity index (χ1v) is 6.67. The Morgan fingerprint density at radius 3 is 1.62 bits per heavy atom. The standard InChI is InChI=1S/C13H27N2O/c1-7-12(8-2)11(5)14(6)13(9-3,10-4)15(12)16/h11H,7-10H2,1-6H3. The zero-order valence-electron chi connectivity index (χ0n) is 11.7. The lowest BCUT2D eigenvalue weighted by molar-refractivity contribution is -0.278. The lowest BCUT2D eigenvalue weighted by Crippen LogP contribution is -2.53. The van der Waals surface area contributed by atoms with Crippen LogP contribution in [0.15, 0.2) is 0 Å². The zero-order chi connectivity index (χ0) is 12.6. The van der Waals surface area contributed by atoms with Gasteiger partial charge in [0.2, 0.25) is 0 Å². The van der Waals surface area contributed by atoms with Crippen LogP contribution in [0.5, 0.6) is 0 Å². The normalized spacial score (nSPS) is 29.8. The lowest BCUT2D eigenvalue weighted by atomic mass is 9.86. The van der Waals surface area contributed by atoms with Crippen LogP contribution in [0.3, 0.4) is 0 Å². The van der Waals surface area contributed by atoms with Crippen LogP contribution in [0.25, 0.3) is 0 Å². The van der Waals surface area contributed by atoms with Crippen molar-refractivity contribution in [2.45, 2.75) is 77.5 Å². The Hall–Kier alpha value is -0.120. The highest BCUT2D eigenvalue weighted by Gasteiger charge is 2.59. The second-order valence-electron chi connectivity index (χ2n) is 5.08. The summed E-state index contributed by atoms with van der Waals surface area (Å²) in [7, 11) is 2.11. The molecule has 0 aromatic carbocycles. The van der Waals surface area contributed by atoms with Crippen LogP contribution < -0.4 is 0 Å². The van der Waals surface area contributed by atoms with Gasteiger partial charge < -0.3 is 0 Å². The molecule has 0 aromatic rings. The molecular weight excluding hydrogens is 200 g/mol. The Morgan fingerprint density at radius 1 is 1.00 bits per heavy atom. The summed E-state index contributed by atoms with van der Waals surface area (Å²) in [5.74, 6) is 0. The second kappa shape index (κ2) is 4.63. The van der Waals surface area contributed by atoms with Crippen LogP contribution in [0.1, 0.15) is 60.3 Å². The van der Waals surface area contributed by atoms with E-state index in [0.717, 1.165) is 25.7 Å². The third-order valence-corrected chi connectivity index (χ3v) is 5.15. The smallest absolute Gasteiger partial charge is 0.101 e. The van der Waals surface area contributed by atoms with Gasteiger partial charge in [0, 0.05) is 6.04 Å². The molecule has 0 saturated carbocycles. The molecule has 1 unspecified atom stereocenters. The van der Waals surface area contributed by atoms with Crippen molar-refractivity contribution >= 4 is 0 Å². The summed E-state index contributed by atoms with van der Waals surface area (Å²) < 4.78 is 0. The third-order valence-electron chi connectivity index (χ3n) is 5.15. The maximum Gasteiger partial charge on any atom is 0.101 e. The van der Waals surface area contributed by atoms with Crippen LogP contribution in [-0.2, 0) is 5.21 Å². The molecular formula is C13H27N2O. The Kier molecular flexibility index (Phi) is 4.04. The fourth-order valence-electron chi connectivity index (χ4n) is 3.61. The van der Waals surface area contributed by atoms with Gasteiger partial charge in [-0.2, -0.15) is 0 Å². The molecule has 1 heterocycles. The molecule has 0 aromatic heterocycles. The fourth-order valence-corrected chi connectivity index (χ4v) is 3.61. The molecule has 0 bridgehead atoms. The largest absolute Gasteiger partial charge is 0.282 e. The molecule has 16 heavy (non-hydrogen) atoms. The molecule has 0 amide bonds. The first kappa shape index (κ1) is 13.9. The summed E-state index contributed by atoms with van der Waals surface area (Å²) >= 11 is 0. The molecule has 1 aliphatic heterocycles. The van der Waals surface area contributed by atoms with Gasteiger partial charge in [-0.1, -0.05) is 27.7 Å². The highest BCUT2D eigenvalue weighted by atomic mass is 16.5. The van der Waals surface area contributed by atoms with Crippen LogP contribution in [0, 0.1) is 0 Å². The average Bonchev–Trinajstić information content (AvgIpc) is 2.47. The van der Waals surface area contributed by atoms with Crippen LogP contribution in [0.2, 0.25) is 0 Å². The first-order valence-electron chi connectivity index (χ1n) is 6.67. The molecule has 95 valence electrons. The van der Waals surface area contributed by atoms with Gasteiger partial charge in [-0.15, -0.1) is 10.3 Å². The maximum absolute atomic E-state index is 12.8. The highest BCUT2D eigenvalue weighted by molar-refractivity contribution is 5.08. The predicted octanol–water partition coefficient (Wildman–Crippen LogP) is 3.04. The van der Waals surface area contributed by atoms with Gasteiger partial charge in [0.25, 0.3) is 0 Å². The van der Waals surface area contributed by atoms with E-state index in [-0.39, 0.29) is 11.2 Å². The van der Waals surface area contributed by atoms with E-state index in [1.54, 1.807) is 0 Å². The number of hydrogen-bond donors (Lipinski definition) is 0. The summed E-state index contributed by atoms with van der Waals surface area (Å²) in [5, 5.41) is 14.2. The molecule has 1 atom stereocenters. The second-order valence-corrected chi connectivity index (χ2v) is 5.08. The minimum absolute atomic E-state index is 0.194. The average molecular weight is 227 g/mol. The molecule has 3 heteroatoms. The van der Waals surface area contributed by atoms with Gasteiger partial charge in [-0.25, -0.2) is 0 Å². The van der Waals surface area contributed by atoms with E-state index in [0.29, 0.717) is 6.04 Å². The molecule has 1 rings (SSSR count). The fraction of sp³-hybridized carbons (Fsp3) is 1.00. The predicted molar refractivity (Wildman–Crippen MR) is 66.4 cm³/mol. The highest BCUT2D eigenvalue weighted by Crippen LogP contribution is 2.47. The van der Waals surface area contributed by atoms with Gasteiger partial charge in [-0.05, 0) is 39.7 Å². The summed E-state index contributed by atoms with van der Waals surface area (Å²) in [6, 6.07) is 0.333. The molecule has 0 aliphatic carbocycles. The zero-order valence-corrected chi connectivity index (χ0v) is 11.7. The number of hydroxylamine groups is 2. The number of nitrogens with zero attached hydrogens (tertiary/aromatic N) is 2. The number of rotatable bonds is 4. The van der Waals surface area contributed by atoms with Gasteiger partial charge in [-0.3, -0.25) is 4.90 Å². The molecule has 0 N–H and O–H groups in total. The van der Waals surface area contributed by atoms with Crippen molar-refractivity contribution in [1.82, 2.24) is 9.96 Å². The van der Waals surface area contributed by atoms with Gasteiger partial charge in [0.1, 0.15) is 5.66 Å². The topological polar surface area (TPSA) is 26.4 Å². The van der Waals surface area contributed by atoms with E-state index in [2.05, 4.69) is 46.6 Å². The minimum atomic E-state index is -0.286. The molecule has 1 fully saturated rings. The number of likely N-dealkylation sites (N-methyl/N-ethyl adjacent to an activating group) is 1. The summed E-state index contributed by atoms with van der Waals surface area (Å²) in [4.78, 5) is 2.30. The van der Waals surface area contributed by atoms with Crippen LogP contribution >= 0.6 is 0 Å². The minimum Gasteiger partial charge on any atom is -0.282 e. The quantitative estimate of drug-likeness (QED) is 0.738. The summed E-state index contributed by atoms with van der Waals surface area (Å²) in [5.41, 5.74) is -0.480. The van der Waals surface area contributed by atoms with E-state index in [9.17, 15) is 5.21 Å². The van der Waals surface area contributed by atoms with Crippen molar-refractivity contribution < 1.29 is 5.21 Å². The molecule has 1 radical (unpaired) electrons. The van der Waals surface area contributed by atoms with Gasteiger partial charge in [0.05, 0.1) is 5.54 Å². The monoisotopic (exact) mass is 227 g/mol. The molecule has 0 spiro atoms. The van der Waals surface area contributed by atoms with E-state index in [1.807, 2.05) is 0 Å². The van der Waals surface area contributed by atoms with Crippen LogP contribution in [-0.4, -0.2) is 34.3 Å². The van der Waals surface area contributed by atoms with E-state index < -0.39 is 0 Å².